The van der Waals surface area contributed by atoms with Gasteiger partial charge in [-0.15, -0.1) is 11.3 Å². The van der Waals surface area contributed by atoms with Gasteiger partial charge in [0.15, 0.2) is 0 Å². The number of nitrogens with zero attached hydrogens (tertiary/aromatic N) is 3. The number of fused-ring (bicyclic) bond motifs is 1. The van der Waals surface area contributed by atoms with Crippen LogP contribution in [0.15, 0.2) is 47.8 Å². The molecular weight excluding hydrogens is 344 g/mol. The number of para-hydroxylation sites is 1. The van der Waals surface area contributed by atoms with Crippen molar-refractivity contribution >= 4 is 39.8 Å². The number of benzene rings is 1. The molecule has 4 aromatic rings. The first-order chi connectivity index (χ1) is 12.8. The van der Waals surface area contributed by atoms with Crippen LogP contribution in [0.5, 0.6) is 0 Å². The Hall–Kier alpha value is -2.93. The van der Waals surface area contributed by atoms with E-state index < -0.39 is 0 Å². The number of thiophene rings is 1. The summed E-state index contributed by atoms with van der Waals surface area (Å²) in [6.07, 6.45) is 2.47. The smallest absolute Gasteiger partial charge is 0.225 e. The molecule has 0 radical (unpaired) electrons. The van der Waals surface area contributed by atoms with Crippen molar-refractivity contribution in [2.45, 2.75) is 25.3 Å². The first-order valence-electron chi connectivity index (χ1n) is 8.70. The van der Waals surface area contributed by atoms with Crippen molar-refractivity contribution in [2.24, 2.45) is 0 Å². The third-order valence-corrected chi connectivity index (χ3v) is 5.33. The van der Waals surface area contributed by atoms with Gasteiger partial charge in [-0.1, -0.05) is 18.2 Å². The van der Waals surface area contributed by atoms with Crippen LogP contribution in [0.3, 0.4) is 0 Å². The molecule has 0 aliphatic heterocycles. The van der Waals surface area contributed by atoms with Gasteiger partial charge in [0.25, 0.3) is 0 Å². The van der Waals surface area contributed by atoms with Crippen LogP contribution in [-0.2, 0) is 6.54 Å². The zero-order chi connectivity index (χ0) is 17.3. The Labute approximate surface area is 154 Å². The summed E-state index contributed by atoms with van der Waals surface area (Å²) in [6, 6.07) is 14.2. The maximum absolute atomic E-state index is 4.69. The number of nitrogens with one attached hydrogen (secondary N) is 3. The Morgan fingerprint density at radius 1 is 1.12 bits per heavy atom. The van der Waals surface area contributed by atoms with E-state index >= 15 is 0 Å². The topological polar surface area (TPSA) is 78.5 Å². The molecular formula is C19H18N6S. The van der Waals surface area contributed by atoms with Crippen LogP contribution in [0.1, 0.15) is 29.3 Å². The van der Waals surface area contributed by atoms with E-state index in [1.165, 1.54) is 17.7 Å². The van der Waals surface area contributed by atoms with Crippen molar-refractivity contribution in [1.82, 2.24) is 20.2 Å². The van der Waals surface area contributed by atoms with Crippen molar-refractivity contribution in [3.05, 3.63) is 58.4 Å². The zero-order valence-corrected chi connectivity index (χ0v) is 14.9. The highest BCUT2D eigenvalue weighted by Gasteiger charge is 2.26. The highest BCUT2D eigenvalue weighted by molar-refractivity contribution is 7.09. The molecule has 0 saturated heterocycles. The van der Waals surface area contributed by atoms with Gasteiger partial charge in [0, 0.05) is 22.2 Å². The molecule has 0 unspecified atom stereocenters. The number of hydrogen-bond donors (Lipinski definition) is 3. The summed E-state index contributed by atoms with van der Waals surface area (Å²) in [6.45, 7) is 0.714. The average molecular weight is 362 g/mol. The normalized spacial score (nSPS) is 13.8. The largest absolute Gasteiger partial charge is 0.349 e. The number of aromatic amines is 1. The van der Waals surface area contributed by atoms with E-state index in [4.69, 9.17) is 0 Å². The van der Waals surface area contributed by atoms with Crippen LogP contribution in [-0.4, -0.2) is 20.2 Å². The predicted molar refractivity (Wildman–Crippen MR) is 105 cm³/mol. The Balaban J connectivity index is 1.45. The fourth-order valence-corrected chi connectivity index (χ4v) is 3.59. The minimum atomic E-state index is 0.613. The third-order valence-electron chi connectivity index (χ3n) is 4.45. The summed E-state index contributed by atoms with van der Waals surface area (Å²) in [7, 11) is 0. The second-order valence-electron chi connectivity index (χ2n) is 6.45. The Morgan fingerprint density at radius 3 is 2.88 bits per heavy atom. The van der Waals surface area contributed by atoms with Gasteiger partial charge in [-0.2, -0.15) is 10.1 Å². The maximum Gasteiger partial charge on any atom is 0.225 e. The lowest BCUT2D eigenvalue weighted by molar-refractivity contribution is 0.966. The number of aromatic nitrogens is 4. The first kappa shape index (κ1) is 15.3. The lowest BCUT2D eigenvalue weighted by Crippen LogP contribution is -2.05. The molecule has 1 fully saturated rings. The summed E-state index contributed by atoms with van der Waals surface area (Å²) in [5.74, 6) is 2.86. The van der Waals surface area contributed by atoms with Gasteiger partial charge in [-0.3, -0.25) is 5.10 Å². The van der Waals surface area contributed by atoms with E-state index in [0.717, 1.165) is 28.2 Å². The standard InChI is InChI=1S/C19H18N6S/c1-2-6-15-14(5-1)18(22-17-10-16(24-25-17)12-7-8-12)23-19(21-15)20-11-13-4-3-9-26-13/h1-6,9-10,12H,7-8,11H2,(H3,20,21,22,23,24,25). The molecule has 3 N–H and O–H groups in total. The third kappa shape index (κ3) is 3.13. The molecule has 1 aliphatic rings. The molecule has 1 aliphatic carbocycles. The Morgan fingerprint density at radius 2 is 2.04 bits per heavy atom. The van der Waals surface area contributed by atoms with Crippen molar-refractivity contribution in [2.75, 3.05) is 10.6 Å². The van der Waals surface area contributed by atoms with Crippen molar-refractivity contribution in [3.63, 3.8) is 0 Å². The van der Waals surface area contributed by atoms with Gasteiger partial charge in [-0.25, -0.2) is 4.98 Å². The number of anilines is 3. The molecule has 1 saturated carbocycles. The van der Waals surface area contributed by atoms with Crippen LogP contribution in [0.4, 0.5) is 17.6 Å². The molecule has 0 bridgehead atoms. The molecule has 26 heavy (non-hydrogen) atoms. The van der Waals surface area contributed by atoms with Crippen LogP contribution >= 0.6 is 11.3 Å². The fourth-order valence-electron chi connectivity index (χ4n) is 2.95. The molecule has 130 valence electrons. The number of H-pyrrole nitrogens is 1. The summed E-state index contributed by atoms with van der Waals surface area (Å²) < 4.78 is 0. The van der Waals surface area contributed by atoms with Crippen LogP contribution in [0, 0.1) is 0 Å². The van der Waals surface area contributed by atoms with Gasteiger partial charge in [-0.05, 0) is 36.4 Å². The molecule has 1 aromatic carbocycles. The molecule has 7 heteroatoms. The lowest BCUT2D eigenvalue weighted by atomic mass is 10.2. The summed E-state index contributed by atoms with van der Waals surface area (Å²) in [4.78, 5) is 10.6. The van der Waals surface area contributed by atoms with Gasteiger partial charge in [0.05, 0.1) is 17.8 Å². The monoisotopic (exact) mass is 362 g/mol. The van der Waals surface area contributed by atoms with Crippen LogP contribution in [0.25, 0.3) is 10.9 Å². The highest BCUT2D eigenvalue weighted by atomic mass is 32.1. The second-order valence-corrected chi connectivity index (χ2v) is 7.48. The minimum Gasteiger partial charge on any atom is -0.349 e. The highest BCUT2D eigenvalue weighted by Crippen LogP contribution is 2.39. The summed E-state index contributed by atoms with van der Waals surface area (Å²) in [5, 5.41) is 17.2. The van der Waals surface area contributed by atoms with Gasteiger partial charge < -0.3 is 10.6 Å². The second kappa shape index (κ2) is 6.42. The van der Waals surface area contributed by atoms with E-state index in [1.807, 2.05) is 30.3 Å². The van der Waals surface area contributed by atoms with Crippen LogP contribution in [0.2, 0.25) is 0 Å². The molecule has 6 nitrogen and oxygen atoms in total. The van der Waals surface area contributed by atoms with E-state index in [9.17, 15) is 0 Å². The molecule has 0 spiro atoms. The van der Waals surface area contributed by atoms with Gasteiger partial charge >= 0.3 is 0 Å². The molecule has 3 aromatic heterocycles. The molecule has 3 heterocycles. The Kier molecular flexibility index (Phi) is 3.79. The van der Waals surface area contributed by atoms with Crippen LogP contribution < -0.4 is 10.6 Å². The summed E-state index contributed by atoms with van der Waals surface area (Å²) >= 11 is 1.72. The zero-order valence-electron chi connectivity index (χ0n) is 14.1. The molecule has 0 atom stereocenters. The predicted octanol–water partition coefficient (Wildman–Crippen LogP) is 4.65. The SMILES string of the molecule is c1csc(CNc2nc(Nc3cc(C4CC4)n[nH]3)c3ccccc3n2)c1. The van der Waals surface area contributed by atoms with Gasteiger partial charge in [0.2, 0.25) is 5.95 Å². The van der Waals surface area contributed by atoms with Crippen molar-refractivity contribution in [1.29, 1.82) is 0 Å². The average Bonchev–Trinajstić information content (AvgIpc) is 3.18. The van der Waals surface area contributed by atoms with E-state index in [2.05, 4.69) is 48.3 Å². The van der Waals surface area contributed by atoms with E-state index in [0.29, 0.717) is 18.4 Å². The van der Waals surface area contributed by atoms with Crippen molar-refractivity contribution < 1.29 is 0 Å². The fraction of sp³-hybridized carbons (Fsp3) is 0.211. The lowest BCUT2D eigenvalue weighted by Gasteiger charge is -2.10. The van der Waals surface area contributed by atoms with Gasteiger partial charge in [0.1, 0.15) is 11.6 Å². The number of rotatable bonds is 6. The summed E-state index contributed by atoms with van der Waals surface area (Å²) in [5.41, 5.74) is 2.03. The minimum absolute atomic E-state index is 0.613. The molecule has 0 amide bonds. The van der Waals surface area contributed by atoms with E-state index in [1.54, 1.807) is 11.3 Å². The molecule has 5 rings (SSSR count). The van der Waals surface area contributed by atoms with E-state index in [-0.39, 0.29) is 0 Å². The maximum atomic E-state index is 4.69. The van der Waals surface area contributed by atoms with Crippen molar-refractivity contribution in [3.8, 4) is 0 Å². The first-order valence-corrected chi connectivity index (χ1v) is 9.58. The number of hydrogen-bond acceptors (Lipinski definition) is 6. The quantitative estimate of drug-likeness (QED) is 0.465. The Bertz CT molecular complexity index is 1040.